The highest BCUT2D eigenvalue weighted by molar-refractivity contribution is 9.10. The summed E-state index contributed by atoms with van der Waals surface area (Å²) in [4.78, 5) is 14.4. The quantitative estimate of drug-likeness (QED) is 0.864. The summed E-state index contributed by atoms with van der Waals surface area (Å²) >= 11 is 4.69. The first kappa shape index (κ1) is 11.3. The van der Waals surface area contributed by atoms with Crippen LogP contribution in [0.4, 0.5) is 0 Å². The van der Waals surface area contributed by atoms with E-state index in [-0.39, 0.29) is 5.56 Å². The van der Waals surface area contributed by atoms with Crippen molar-refractivity contribution in [3.8, 4) is 11.3 Å². The molecule has 6 heteroatoms. The van der Waals surface area contributed by atoms with Crippen molar-refractivity contribution in [2.24, 2.45) is 0 Å². The number of rotatable bonds is 2. The maximum absolute atomic E-state index is 11.7. The van der Waals surface area contributed by atoms with Gasteiger partial charge in [-0.25, -0.2) is 0 Å². The van der Waals surface area contributed by atoms with Crippen molar-refractivity contribution in [1.29, 1.82) is 0 Å². The summed E-state index contributed by atoms with van der Waals surface area (Å²) in [6.45, 7) is 0. The average molecular weight is 298 g/mol. The predicted octanol–water partition coefficient (Wildman–Crippen LogP) is 2.32. The monoisotopic (exact) mass is 297 g/mol. The number of benzene rings is 1. The van der Waals surface area contributed by atoms with E-state index in [1.54, 1.807) is 0 Å². The Morgan fingerprint density at radius 2 is 1.94 bits per heavy atom. The van der Waals surface area contributed by atoms with E-state index in [0.717, 1.165) is 10.0 Å². The molecular weight excluding hydrogens is 290 g/mol. The minimum atomic E-state index is -0.221. The lowest BCUT2D eigenvalue weighted by Crippen LogP contribution is -2.13. The molecule has 1 aromatic heterocycles. The molecule has 0 aliphatic carbocycles. The van der Waals surface area contributed by atoms with Crippen LogP contribution in [0, 0.1) is 0 Å². The van der Waals surface area contributed by atoms with E-state index in [2.05, 4.69) is 31.1 Å². The molecular formula is C10H8BrN3OS. The van der Waals surface area contributed by atoms with Gasteiger partial charge in [0.25, 0.3) is 5.56 Å². The summed E-state index contributed by atoms with van der Waals surface area (Å²) in [6, 6.07) is 7.36. The number of aromatic amines is 1. The number of H-pyrrole nitrogens is 1. The van der Waals surface area contributed by atoms with Crippen LogP contribution >= 0.6 is 27.7 Å². The Bertz CT molecular complexity index is 553. The molecule has 0 amide bonds. The topological polar surface area (TPSA) is 58.6 Å². The minimum absolute atomic E-state index is 0.221. The Labute approximate surface area is 105 Å². The van der Waals surface area contributed by atoms with Crippen LogP contribution in [-0.4, -0.2) is 21.4 Å². The Morgan fingerprint density at radius 3 is 2.50 bits per heavy atom. The van der Waals surface area contributed by atoms with Crippen molar-refractivity contribution in [2.75, 3.05) is 6.26 Å². The van der Waals surface area contributed by atoms with Crippen LogP contribution in [0.2, 0.25) is 0 Å². The number of hydrogen-bond acceptors (Lipinski definition) is 4. The Morgan fingerprint density at radius 1 is 1.25 bits per heavy atom. The summed E-state index contributed by atoms with van der Waals surface area (Å²) in [5, 5.41) is 8.34. The van der Waals surface area contributed by atoms with Gasteiger partial charge in [-0.05, 0) is 18.4 Å². The van der Waals surface area contributed by atoms with Crippen molar-refractivity contribution in [3.63, 3.8) is 0 Å². The highest BCUT2D eigenvalue weighted by Crippen LogP contribution is 2.17. The summed E-state index contributed by atoms with van der Waals surface area (Å²) in [5.74, 6) is 0. The molecule has 2 rings (SSSR count). The van der Waals surface area contributed by atoms with E-state index < -0.39 is 0 Å². The van der Waals surface area contributed by atoms with E-state index in [4.69, 9.17) is 0 Å². The third-order valence-corrected chi connectivity index (χ3v) is 3.09. The van der Waals surface area contributed by atoms with E-state index in [1.165, 1.54) is 11.8 Å². The molecule has 4 nitrogen and oxygen atoms in total. The maximum Gasteiger partial charge on any atom is 0.278 e. The summed E-state index contributed by atoms with van der Waals surface area (Å²) in [7, 11) is 0. The fraction of sp³-hybridized carbons (Fsp3) is 0.100. The second-order valence-electron chi connectivity index (χ2n) is 3.02. The second-order valence-corrected chi connectivity index (χ2v) is 4.73. The lowest BCUT2D eigenvalue weighted by Gasteiger charge is -2.00. The molecule has 82 valence electrons. The molecule has 0 fully saturated rings. The molecule has 0 bridgehead atoms. The van der Waals surface area contributed by atoms with Crippen molar-refractivity contribution < 1.29 is 0 Å². The highest BCUT2D eigenvalue weighted by atomic mass is 79.9. The number of aromatic nitrogens is 3. The zero-order valence-electron chi connectivity index (χ0n) is 8.40. The van der Waals surface area contributed by atoms with Gasteiger partial charge in [0.05, 0.1) is 0 Å². The molecule has 0 unspecified atom stereocenters. The summed E-state index contributed by atoms with van der Waals surface area (Å²) < 4.78 is 0.960. The zero-order valence-corrected chi connectivity index (χ0v) is 10.8. The number of halogens is 1. The van der Waals surface area contributed by atoms with Crippen LogP contribution in [0.15, 0.2) is 38.7 Å². The number of hydrogen-bond donors (Lipinski definition) is 1. The molecule has 0 aliphatic rings. The molecule has 2 aromatic rings. The minimum Gasteiger partial charge on any atom is -0.298 e. The third kappa shape index (κ3) is 2.33. The molecule has 0 aliphatic heterocycles. The first-order valence-electron chi connectivity index (χ1n) is 4.47. The van der Waals surface area contributed by atoms with E-state index in [0.29, 0.717) is 10.9 Å². The van der Waals surface area contributed by atoms with Gasteiger partial charge in [-0.2, -0.15) is 0 Å². The van der Waals surface area contributed by atoms with Crippen LogP contribution in [0.1, 0.15) is 0 Å². The van der Waals surface area contributed by atoms with Crippen LogP contribution in [-0.2, 0) is 0 Å². The van der Waals surface area contributed by atoms with Gasteiger partial charge < -0.3 is 0 Å². The normalized spacial score (nSPS) is 10.4. The first-order chi connectivity index (χ1) is 7.70. The first-order valence-corrected chi connectivity index (χ1v) is 6.49. The highest BCUT2D eigenvalue weighted by Gasteiger charge is 2.06. The molecule has 0 spiro atoms. The molecule has 0 saturated carbocycles. The van der Waals surface area contributed by atoms with Gasteiger partial charge in [0.1, 0.15) is 0 Å². The van der Waals surface area contributed by atoms with Gasteiger partial charge >= 0.3 is 0 Å². The van der Waals surface area contributed by atoms with Gasteiger partial charge in [0.15, 0.2) is 10.9 Å². The maximum atomic E-state index is 11.7. The van der Waals surface area contributed by atoms with Crippen LogP contribution < -0.4 is 5.56 Å². The fourth-order valence-electron chi connectivity index (χ4n) is 1.21. The molecule has 0 radical (unpaired) electrons. The number of nitrogens with one attached hydrogen (secondary N) is 1. The Kier molecular flexibility index (Phi) is 3.40. The number of nitrogens with zero attached hydrogens (tertiary/aromatic N) is 2. The van der Waals surface area contributed by atoms with Crippen LogP contribution in [0.3, 0.4) is 0 Å². The Balaban J connectivity index is 2.48. The van der Waals surface area contributed by atoms with Crippen molar-refractivity contribution in [3.05, 3.63) is 39.1 Å². The van der Waals surface area contributed by atoms with E-state index in [9.17, 15) is 4.79 Å². The van der Waals surface area contributed by atoms with Crippen molar-refractivity contribution >= 4 is 27.7 Å². The second kappa shape index (κ2) is 4.80. The van der Waals surface area contributed by atoms with Crippen LogP contribution in [0.25, 0.3) is 11.3 Å². The number of thioether (sulfide) groups is 1. The van der Waals surface area contributed by atoms with Gasteiger partial charge in [0, 0.05) is 10.0 Å². The van der Waals surface area contributed by atoms with E-state index in [1.807, 2.05) is 30.5 Å². The SMILES string of the molecule is CSc1nnc(-c2ccc(Br)cc2)c(=O)[nH]1. The standard InChI is InChI=1S/C10H8BrN3OS/c1-16-10-12-9(15)8(13-14-10)6-2-4-7(11)5-3-6/h2-5H,1H3,(H,12,14,15). The molecule has 16 heavy (non-hydrogen) atoms. The van der Waals surface area contributed by atoms with Gasteiger partial charge in [-0.3, -0.25) is 9.78 Å². The molecule has 1 aromatic carbocycles. The fourth-order valence-corrected chi connectivity index (χ4v) is 1.79. The molecule has 0 atom stereocenters. The predicted molar refractivity (Wildman–Crippen MR) is 67.6 cm³/mol. The van der Waals surface area contributed by atoms with Gasteiger partial charge in [-0.15, -0.1) is 10.2 Å². The largest absolute Gasteiger partial charge is 0.298 e. The van der Waals surface area contributed by atoms with Gasteiger partial charge in [0.2, 0.25) is 0 Å². The van der Waals surface area contributed by atoms with Gasteiger partial charge in [-0.1, -0.05) is 39.8 Å². The molecule has 1 heterocycles. The molecule has 1 N–H and O–H groups in total. The zero-order chi connectivity index (χ0) is 11.5. The Hall–Kier alpha value is -1.14. The smallest absolute Gasteiger partial charge is 0.278 e. The van der Waals surface area contributed by atoms with Crippen molar-refractivity contribution in [1.82, 2.24) is 15.2 Å². The lowest BCUT2D eigenvalue weighted by atomic mass is 10.2. The van der Waals surface area contributed by atoms with Crippen LogP contribution in [0.5, 0.6) is 0 Å². The third-order valence-electron chi connectivity index (χ3n) is 1.99. The van der Waals surface area contributed by atoms with E-state index >= 15 is 0 Å². The average Bonchev–Trinajstić information content (AvgIpc) is 2.30. The molecule has 0 saturated heterocycles. The summed E-state index contributed by atoms with van der Waals surface area (Å²) in [5.41, 5.74) is 0.872. The lowest BCUT2D eigenvalue weighted by molar-refractivity contribution is 0.826. The van der Waals surface area contributed by atoms with Crippen molar-refractivity contribution in [2.45, 2.75) is 5.16 Å². The summed E-state index contributed by atoms with van der Waals surface area (Å²) in [6.07, 6.45) is 1.83.